The van der Waals surface area contributed by atoms with Crippen LogP contribution in [0, 0.1) is 0 Å². The van der Waals surface area contributed by atoms with Gasteiger partial charge in [0.15, 0.2) is 0 Å². The minimum atomic E-state index is 0.222. The first kappa shape index (κ1) is 7.92. The minimum Gasteiger partial charge on any atom is -0.317 e. The molecule has 3 heteroatoms. The number of hydrogen-bond donors (Lipinski definition) is 1. The van der Waals surface area contributed by atoms with Gasteiger partial charge in [0.05, 0.1) is 0 Å². The zero-order valence-electron chi connectivity index (χ0n) is 4.69. The van der Waals surface area contributed by atoms with Crippen molar-refractivity contribution < 1.29 is 4.79 Å². The van der Waals surface area contributed by atoms with E-state index < -0.39 is 0 Å². The topological polar surface area (TPSA) is 29.1 Å². The molecule has 1 rings (SSSR count). The Hall–Kier alpha value is -0.0800. The van der Waals surface area contributed by atoms with E-state index in [1.165, 1.54) is 25.9 Å². The molecule has 1 aliphatic rings. The first-order chi connectivity index (χ1) is 3.91. The third-order valence-electron chi connectivity index (χ3n) is 0.957. The molecule has 1 N–H and O–H groups in total. The first-order valence-corrected chi connectivity index (χ1v) is 3.10. The number of hydrogen-bond acceptors (Lipinski definition) is 2. The lowest BCUT2D eigenvalue weighted by atomic mass is 10.4. The van der Waals surface area contributed by atoms with Gasteiger partial charge >= 0.3 is 0 Å². The largest absolute Gasteiger partial charge is 0.317 e. The maximum Gasteiger partial charge on any atom is 0.208 e. The van der Waals surface area contributed by atoms with Crippen LogP contribution in [0.25, 0.3) is 0 Å². The summed E-state index contributed by atoms with van der Waals surface area (Å²) in [7, 11) is 0. The second-order valence-electron chi connectivity index (χ2n) is 1.55. The van der Waals surface area contributed by atoms with Gasteiger partial charge < -0.3 is 5.32 Å². The van der Waals surface area contributed by atoms with Crippen molar-refractivity contribution in [3.63, 3.8) is 0 Å². The smallest absolute Gasteiger partial charge is 0.208 e. The van der Waals surface area contributed by atoms with Crippen LogP contribution in [0.2, 0.25) is 0 Å². The molecule has 1 heterocycles. The van der Waals surface area contributed by atoms with E-state index in [1.54, 1.807) is 0 Å². The van der Waals surface area contributed by atoms with Gasteiger partial charge in [-0.15, -0.1) is 0 Å². The Morgan fingerprint density at radius 3 is 1.88 bits per heavy atom. The van der Waals surface area contributed by atoms with Crippen molar-refractivity contribution in [2.24, 2.45) is 0 Å². The van der Waals surface area contributed by atoms with Gasteiger partial charge in [-0.2, -0.15) is 0 Å². The van der Waals surface area contributed by atoms with Crippen LogP contribution in [0.1, 0.15) is 12.8 Å². The molecule has 0 aromatic rings. The Kier molecular flexibility index (Phi) is 6.85. The summed E-state index contributed by atoms with van der Waals surface area (Å²) in [5.41, 5.74) is 0. The normalized spacial score (nSPS) is 16.6. The van der Waals surface area contributed by atoms with Gasteiger partial charge in [0.25, 0.3) is 0 Å². The van der Waals surface area contributed by atoms with E-state index in [9.17, 15) is 0 Å². The van der Waals surface area contributed by atoms with Crippen LogP contribution in [0.4, 0.5) is 0 Å². The Labute approximate surface area is 54.2 Å². The van der Waals surface area contributed by atoms with Gasteiger partial charge in [-0.05, 0) is 37.5 Å². The molecule has 0 amide bonds. The monoisotopic (exact) mass is 135 g/mol. The average Bonchev–Trinajstić information content (AvgIpc) is 2.17. The predicted octanol–water partition coefficient (Wildman–Crippen LogP) is 0.785. The SMILES string of the molecule is C1CCNC1.O=CCl. The number of halogens is 1. The maximum atomic E-state index is 8.57. The Balaban J connectivity index is 0.000000145. The third kappa shape index (κ3) is 5.92. The highest BCUT2D eigenvalue weighted by atomic mass is 35.5. The molecule has 0 aromatic heterocycles. The molecule has 8 heavy (non-hydrogen) atoms. The summed E-state index contributed by atoms with van der Waals surface area (Å²) in [6.45, 7) is 2.50. The highest BCUT2D eigenvalue weighted by molar-refractivity contribution is 6.54. The second-order valence-corrected chi connectivity index (χ2v) is 1.72. The van der Waals surface area contributed by atoms with Crippen LogP contribution in [0.3, 0.4) is 0 Å². The molecular formula is C5H10ClNO. The number of nitrogens with one attached hydrogen (secondary N) is 1. The van der Waals surface area contributed by atoms with Crippen molar-refractivity contribution in [1.82, 2.24) is 5.32 Å². The summed E-state index contributed by atoms with van der Waals surface area (Å²) in [6, 6.07) is 0. The van der Waals surface area contributed by atoms with Crippen molar-refractivity contribution in [1.29, 1.82) is 0 Å². The van der Waals surface area contributed by atoms with Gasteiger partial charge in [-0.3, -0.25) is 4.79 Å². The molecule has 48 valence electrons. The molecule has 0 spiro atoms. The van der Waals surface area contributed by atoms with E-state index >= 15 is 0 Å². The summed E-state index contributed by atoms with van der Waals surface area (Å²) >= 11 is 4.32. The Morgan fingerprint density at radius 1 is 1.38 bits per heavy atom. The van der Waals surface area contributed by atoms with E-state index in [-0.39, 0.29) is 5.75 Å². The lowest BCUT2D eigenvalue weighted by molar-refractivity contribution is 0.569. The summed E-state index contributed by atoms with van der Waals surface area (Å²) in [5.74, 6) is 0.222. The third-order valence-corrected chi connectivity index (χ3v) is 0.957. The Bertz CT molecular complexity index is 46.8. The molecule has 0 atom stereocenters. The van der Waals surface area contributed by atoms with Crippen LogP contribution in [-0.4, -0.2) is 18.8 Å². The molecule has 1 aliphatic heterocycles. The summed E-state index contributed by atoms with van der Waals surface area (Å²) in [5, 5.41) is 3.22. The molecule has 1 saturated heterocycles. The lowest BCUT2D eigenvalue weighted by Crippen LogP contribution is -2.03. The van der Waals surface area contributed by atoms with Crippen molar-refractivity contribution in [3.05, 3.63) is 0 Å². The lowest BCUT2D eigenvalue weighted by Gasteiger charge is -1.76. The van der Waals surface area contributed by atoms with E-state index in [2.05, 4.69) is 16.9 Å². The summed E-state index contributed by atoms with van der Waals surface area (Å²) in [6.07, 6.45) is 2.78. The molecule has 0 bridgehead atoms. The molecule has 0 aliphatic carbocycles. The van der Waals surface area contributed by atoms with Crippen LogP contribution in [0.5, 0.6) is 0 Å². The molecule has 0 aromatic carbocycles. The summed E-state index contributed by atoms with van der Waals surface area (Å²) in [4.78, 5) is 8.57. The predicted molar refractivity (Wildman–Crippen MR) is 34.7 cm³/mol. The molecule has 2 nitrogen and oxygen atoms in total. The highest BCUT2D eigenvalue weighted by Gasteiger charge is 1.93. The molecule has 0 unspecified atom stereocenters. The zero-order valence-corrected chi connectivity index (χ0v) is 5.45. The molecular weight excluding hydrogens is 126 g/mol. The first-order valence-electron chi connectivity index (χ1n) is 2.66. The van der Waals surface area contributed by atoms with Gasteiger partial charge in [-0.25, -0.2) is 0 Å². The van der Waals surface area contributed by atoms with Gasteiger partial charge in [0, 0.05) is 0 Å². The van der Waals surface area contributed by atoms with Crippen LogP contribution >= 0.6 is 11.6 Å². The van der Waals surface area contributed by atoms with Crippen molar-refractivity contribution in [2.45, 2.75) is 12.8 Å². The van der Waals surface area contributed by atoms with Crippen molar-refractivity contribution in [2.75, 3.05) is 13.1 Å². The number of rotatable bonds is 0. The van der Waals surface area contributed by atoms with Crippen LogP contribution < -0.4 is 5.32 Å². The Morgan fingerprint density at radius 2 is 1.75 bits per heavy atom. The highest BCUT2D eigenvalue weighted by Crippen LogP contribution is 1.90. The zero-order chi connectivity index (χ0) is 6.24. The fourth-order valence-electron chi connectivity index (χ4n) is 0.625. The number of carbonyl (C=O) groups is 1. The van der Waals surface area contributed by atoms with Gasteiger partial charge in [-0.1, -0.05) is 0 Å². The van der Waals surface area contributed by atoms with E-state index in [0.29, 0.717) is 0 Å². The fourth-order valence-corrected chi connectivity index (χ4v) is 0.625. The summed E-state index contributed by atoms with van der Waals surface area (Å²) < 4.78 is 0. The van der Waals surface area contributed by atoms with E-state index in [1.807, 2.05) is 0 Å². The molecule has 0 saturated carbocycles. The average molecular weight is 136 g/mol. The van der Waals surface area contributed by atoms with E-state index in [4.69, 9.17) is 4.79 Å². The van der Waals surface area contributed by atoms with Crippen molar-refractivity contribution in [3.8, 4) is 0 Å². The number of carbonyl (C=O) groups excluding carboxylic acids is 1. The minimum absolute atomic E-state index is 0.222. The molecule has 0 radical (unpaired) electrons. The van der Waals surface area contributed by atoms with E-state index in [0.717, 1.165) is 0 Å². The van der Waals surface area contributed by atoms with Crippen LogP contribution in [0.15, 0.2) is 0 Å². The van der Waals surface area contributed by atoms with Crippen molar-refractivity contribution >= 4 is 17.3 Å². The van der Waals surface area contributed by atoms with Gasteiger partial charge in [0.1, 0.15) is 0 Å². The van der Waals surface area contributed by atoms with Crippen LogP contribution in [-0.2, 0) is 4.79 Å². The second kappa shape index (κ2) is 6.92. The van der Waals surface area contributed by atoms with Gasteiger partial charge in [0.2, 0.25) is 5.75 Å². The fraction of sp³-hybridized carbons (Fsp3) is 0.800. The standard InChI is InChI=1S/C4H9N.CHClO/c1-2-4-5-3-1;2-1-3/h5H,1-4H2;1H. The maximum absolute atomic E-state index is 8.57. The quantitative estimate of drug-likeness (QED) is 0.393. The molecule has 1 fully saturated rings.